The van der Waals surface area contributed by atoms with Gasteiger partial charge in [-0.25, -0.2) is 9.97 Å². The maximum atomic E-state index is 5.60. The Hall–Kier alpha value is -2.01. The molecule has 0 aliphatic carbocycles. The lowest BCUT2D eigenvalue weighted by atomic mass is 10.1. The van der Waals surface area contributed by atoms with Gasteiger partial charge in [0.25, 0.3) is 0 Å². The number of pyridine rings is 1. The van der Waals surface area contributed by atoms with Crippen LogP contribution in [0.2, 0.25) is 0 Å². The summed E-state index contributed by atoms with van der Waals surface area (Å²) in [6, 6.07) is 8.30. The molecule has 0 bridgehead atoms. The summed E-state index contributed by atoms with van der Waals surface area (Å²) < 4.78 is 5.60. The summed E-state index contributed by atoms with van der Waals surface area (Å²) in [5.74, 6) is 1.69. The van der Waals surface area contributed by atoms with Crippen molar-refractivity contribution in [2.24, 2.45) is 0 Å². The molecule has 5 nitrogen and oxygen atoms in total. The highest BCUT2D eigenvalue weighted by molar-refractivity contribution is 5.54. The third-order valence-electron chi connectivity index (χ3n) is 4.01. The molecule has 1 atom stereocenters. The molecular formula is C17H22N4O. The number of hydrogen-bond acceptors (Lipinski definition) is 5. The molecule has 1 fully saturated rings. The standard InChI is InChI=1S/C17H22N4O/c1-3-13-11-16(21-9-10-22-12-14(21)4-2)20-17(19-13)15-7-5-6-8-18-15/h5-8,11,14H,3-4,9-10,12H2,1-2H3. The maximum absolute atomic E-state index is 5.60. The van der Waals surface area contributed by atoms with Gasteiger partial charge in [0.1, 0.15) is 11.5 Å². The highest BCUT2D eigenvalue weighted by Gasteiger charge is 2.23. The minimum absolute atomic E-state index is 0.380. The fourth-order valence-electron chi connectivity index (χ4n) is 2.72. The van der Waals surface area contributed by atoms with Crippen LogP contribution in [0.4, 0.5) is 5.82 Å². The van der Waals surface area contributed by atoms with Crippen LogP contribution in [-0.2, 0) is 11.2 Å². The summed E-state index contributed by atoms with van der Waals surface area (Å²) >= 11 is 0. The van der Waals surface area contributed by atoms with Crippen LogP contribution in [0.1, 0.15) is 26.0 Å². The molecule has 116 valence electrons. The second-order valence-corrected chi connectivity index (χ2v) is 5.44. The molecule has 0 aromatic carbocycles. The minimum atomic E-state index is 0.380. The van der Waals surface area contributed by atoms with Gasteiger partial charge in [-0.1, -0.05) is 19.9 Å². The van der Waals surface area contributed by atoms with Crippen LogP contribution in [-0.4, -0.2) is 40.8 Å². The molecule has 3 rings (SSSR count). The summed E-state index contributed by atoms with van der Waals surface area (Å²) in [5.41, 5.74) is 1.87. The highest BCUT2D eigenvalue weighted by atomic mass is 16.5. The first kappa shape index (κ1) is 14.9. The minimum Gasteiger partial charge on any atom is -0.377 e. The summed E-state index contributed by atoms with van der Waals surface area (Å²) in [6.07, 6.45) is 3.71. The van der Waals surface area contributed by atoms with Crippen LogP contribution in [0.5, 0.6) is 0 Å². The Morgan fingerprint density at radius 2 is 2.18 bits per heavy atom. The smallest absolute Gasteiger partial charge is 0.180 e. The zero-order valence-corrected chi connectivity index (χ0v) is 13.2. The normalized spacial score (nSPS) is 18.5. The summed E-state index contributed by atoms with van der Waals surface area (Å²) in [6.45, 7) is 6.70. The first-order valence-corrected chi connectivity index (χ1v) is 7.95. The predicted octanol–water partition coefficient (Wildman–Crippen LogP) is 2.72. The number of ether oxygens (including phenoxy) is 1. The Balaban J connectivity index is 2.00. The van der Waals surface area contributed by atoms with Crippen molar-refractivity contribution < 1.29 is 4.74 Å². The van der Waals surface area contributed by atoms with Crippen molar-refractivity contribution in [2.75, 3.05) is 24.7 Å². The highest BCUT2D eigenvalue weighted by Crippen LogP contribution is 2.23. The third-order valence-corrected chi connectivity index (χ3v) is 4.01. The number of aromatic nitrogens is 3. The van der Waals surface area contributed by atoms with E-state index in [1.54, 1.807) is 6.20 Å². The molecule has 0 amide bonds. The van der Waals surface area contributed by atoms with E-state index < -0.39 is 0 Å². The average molecular weight is 298 g/mol. The predicted molar refractivity (Wildman–Crippen MR) is 86.9 cm³/mol. The summed E-state index contributed by atoms with van der Waals surface area (Å²) in [4.78, 5) is 16.1. The quantitative estimate of drug-likeness (QED) is 0.868. The van der Waals surface area contributed by atoms with Gasteiger partial charge < -0.3 is 9.64 Å². The SMILES string of the molecule is CCc1cc(N2CCOCC2CC)nc(-c2ccccn2)n1. The largest absolute Gasteiger partial charge is 0.377 e. The summed E-state index contributed by atoms with van der Waals surface area (Å²) in [5, 5.41) is 0. The van der Waals surface area contributed by atoms with E-state index in [1.165, 1.54) is 0 Å². The van der Waals surface area contributed by atoms with E-state index in [9.17, 15) is 0 Å². The van der Waals surface area contributed by atoms with Crippen molar-refractivity contribution >= 4 is 5.82 Å². The lowest BCUT2D eigenvalue weighted by molar-refractivity contribution is 0.0925. The zero-order valence-electron chi connectivity index (χ0n) is 13.2. The molecule has 0 saturated carbocycles. The molecule has 1 saturated heterocycles. The van der Waals surface area contributed by atoms with E-state index in [4.69, 9.17) is 9.72 Å². The maximum Gasteiger partial charge on any atom is 0.180 e. The van der Waals surface area contributed by atoms with Gasteiger partial charge in [-0.3, -0.25) is 4.98 Å². The second-order valence-electron chi connectivity index (χ2n) is 5.44. The number of aryl methyl sites for hydroxylation is 1. The van der Waals surface area contributed by atoms with Crippen molar-refractivity contribution in [3.8, 4) is 11.5 Å². The van der Waals surface area contributed by atoms with Gasteiger partial charge >= 0.3 is 0 Å². The van der Waals surface area contributed by atoms with Crippen molar-refractivity contribution in [1.29, 1.82) is 0 Å². The summed E-state index contributed by atoms with van der Waals surface area (Å²) in [7, 11) is 0. The molecule has 0 N–H and O–H groups in total. The Morgan fingerprint density at radius 3 is 2.91 bits per heavy atom. The van der Waals surface area contributed by atoms with Gasteiger partial charge in [0.05, 0.1) is 19.3 Å². The average Bonchev–Trinajstić information content (AvgIpc) is 2.62. The fourth-order valence-corrected chi connectivity index (χ4v) is 2.72. The molecule has 3 heterocycles. The van der Waals surface area contributed by atoms with E-state index in [1.807, 2.05) is 18.2 Å². The molecule has 1 aliphatic heterocycles. The number of hydrogen-bond donors (Lipinski definition) is 0. The Morgan fingerprint density at radius 1 is 1.27 bits per heavy atom. The topological polar surface area (TPSA) is 51.1 Å². The Labute approximate surface area is 131 Å². The molecular weight excluding hydrogens is 276 g/mol. The molecule has 0 spiro atoms. The van der Waals surface area contributed by atoms with Gasteiger partial charge in [-0.2, -0.15) is 0 Å². The first-order valence-electron chi connectivity index (χ1n) is 7.95. The first-order chi connectivity index (χ1) is 10.8. The van der Waals surface area contributed by atoms with Gasteiger partial charge in [0, 0.05) is 24.5 Å². The van der Waals surface area contributed by atoms with Crippen molar-refractivity contribution in [3.63, 3.8) is 0 Å². The van der Waals surface area contributed by atoms with Gasteiger partial charge in [-0.05, 0) is 25.0 Å². The van der Waals surface area contributed by atoms with Crippen molar-refractivity contribution in [1.82, 2.24) is 15.0 Å². The van der Waals surface area contributed by atoms with Crippen LogP contribution >= 0.6 is 0 Å². The van der Waals surface area contributed by atoms with Crippen LogP contribution in [0, 0.1) is 0 Å². The van der Waals surface area contributed by atoms with Crippen LogP contribution < -0.4 is 4.90 Å². The van der Waals surface area contributed by atoms with E-state index in [0.717, 1.165) is 49.8 Å². The third kappa shape index (κ3) is 3.09. The van der Waals surface area contributed by atoms with Gasteiger partial charge in [0.2, 0.25) is 0 Å². The zero-order chi connectivity index (χ0) is 15.4. The molecule has 5 heteroatoms. The van der Waals surface area contributed by atoms with Crippen molar-refractivity contribution in [3.05, 3.63) is 36.2 Å². The number of morpholine rings is 1. The fraction of sp³-hybridized carbons (Fsp3) is 0.471. The monoisotopic (exact) mass is 298 g/mol. The van der Waals surface area contributed by atoms with E-state index in [2.05, 4.69) is 34.8 Å². The van der Waals surface area contributed by atoms with Crippen LogP contribution in [0.15, 0.2) is 30.5 Å². The van der Waals surface area contributed by atoms with Gasteiger partial charge in [-0.15, -0.1) is 0 Å². The lowest BCUT2D eigenvalue weighted by Gasteiger charge is -2.36. The molecule has 0 radical (unpaired) electrons. The van der Waals surface area contributed by atoms with Crippen LogP contribution in [0.25, 0.3) is 11.5 Å². The molecule has 2 aromatic rings. The van der Waals surface area contributed by atoms with E-state index >= 15 is 0 Å². The number of rotatable bonds is 4. The number of nitrogens with zero attached hydrogens (tertiary/aromatic N) is 4. The molecule has 2 aromatic heterocycles. The van der Waals surface area contributed by atoms with Crippen molar-refractivity contribution in [2.45, 2.75) is 32.7 Å². The lowest BCUT2D eigenvalue weighted by Crippen LogP contribution is -2.45. The Bertz CT molecular complexity index is 617. The van der Waals surface area contributed by atoms with Gasteiger partial charge in [0.15, 0.2) is 5.82 Å². The van der Waals surface area contributed by atoms with Crippen LogP contribution in [0.3, 0.4) is 0 Å². The second kappa shape index (κ2) is 6.83. The molecule has 1 aliphatic rings. The Kier molecular flexibility index (Phi) is 4.63. The molecule has 1 unspecified atom stereocenters. The van der Waals surface area contributed by atoms with E-state index in [-0.39, 0.29) is 0 Å². The van der Waals surface area contributed by atoms with E-state index in [0.29, 0.717) is 11.9 Å². The number of anilines is 1. The molecule has 22 heavy (non-hydrogen) atoms.